The molecule has 1 saturated heterocycles. The van der Waals surface area contributed by atoms with Crippen LogP contribution in [0, 0.1) is 18.8 Å². The number of nitrogens with zero attached hydrogens (tertiary/aromatic N) is 4. The summed E-state index contributed by atoms with van der Waals surface area (Å²) in [4.78, 5) is 29.4. The van der Waals surface area contributed by atoms with Crippen LogP contribution in [0.2, 0.25) is 0 Å². The first-order chi connectivity index (χ1) is 15.1. The quantitative estimate of drug-likeness (QED) is 0.565. The van der Waals surface area contributed by atoms with E-state index in [1.807, 2.05) is 24.5 Å². The fourth-order valence-corrected chi connectivity index (χ4v) is 7.17. The minimum Gasteiger partial charge on any atom is -0.348 e. The molecule has 1 saturated carbocycles. The van der Waals surface area contributed by atoms with Gasteiger partial charge in [0.15, 0.2) is 5.13 Å². The molecule has 7 heteroatoms. The van der Waals surface area contributed by atoms with Crippen molar-refractivity contribution in [3.8, 4) is 0 Å². The van der Waals surface area contributed by atoms with Gasteiger partial charge in [0.05, 0.1) is 10.7 Å². The summed E-state index contributed by atoms with van der Waals surface area (Å²) >= 11 is 3.59. The van der Waals surface area contributed by atoms with Crippen LogP contribution in [-0.4, -0.2) is 46.8 Å². The highest BCUT2D eigenvalue weighted by molar-refractivity contribution is 7.15. The Morgan fingerprint density at radius 3 is 2.65 bits per heavy atom. The molecule has 2 aliphatic heterocycles. The van der Waals surface area contributed by atoms with E-state index in [0.29, 0.717) is 18.1 Å². The molecule has 2 aromatic rings. The Morgan fingerprint density at radius 2 is 1.94 bits per heavy atom. The molecule has 0 amide bonds. The fourth-order valence-electron chi connectivity index (χ4n) is 5.24. The van der Waals surface area contributed by atoms with Gasteiger partial charge < -0.3 is 4.90 Å². The summed E-state index contributed by atoms with van der Waals surface area (Å²) in [7, 11) is 0. The number of fused-ring (bicyclic) bond motifs is 1. The predicted molar refractivity (Wildman–Crippen MR) is 128 cm³/mol. The molecule has 31 heavy (non-hydrogen) atoms. The number of aromatic nitrogens is 2. The number of thiazole rings is 2. The third-order valence-corrected chi connectivity index (χ3v) is 9.43. The number of hydrogen-bond donors (Lipinski definition) is 0. The molecular formula is C24H34N4OS2. The Hall–Kier alpha value is -1.31. The summed E-state index contributed by atoms with van der Waals surface area (Å²) in [6.45, 7) is 7.82. The summed E-state index contributed by atoms with van der Waals surface area (Å²) in [6, 6.07) is 0. The molecule has 0 spiro atoms. The van der Waals surface area contributed by atoms with E-state index in [1.165, 1.54) is 86.8 Å². The zero-order valence-corrected chi connectivity index (χ0v) is 20.3. The minimum absolute atomic E-state index is 0.400. The summed E-state index contributed by atoms with van der Waals surface area (Å²) < 4.78 is 0. The van der Waals surface area contributed by atoms with Crippen molar-refractivity contribution in [2.45, 2.75) is 71.3 Å². The number of carbonyl (C=O) groups excluding carboxylic acids is 1. The van der Waals surface area contributed by atoms with Gasteiger partial charge in [0.2, 0.25) is 0 Å². The lowest BCUT2D eigenvalue weighted by molar-refractivity contribution is -0.119. The lowest BCUT2D eigenvalue weighted by atomic mass is 9.78. The van der Waals surface area contributed by atoms with Gasteiger partial charge in [0, 0.05) is 55.0 Å². The Bertz CT molecular complexity index is 895. The molecule has 0 atom stereocenters. The number of carbonyl (C=O) groups is 1. The molecule has 1 aliphatic carbocycles. The van der Waals surface area contributed by atoms with Gasteiger partial charge in [-0.1, -0.05) is 12.8 Å². The number of Topliss-reactive ketones (excluding diaryl/α,β-unsaturated/α-hetero) is 1. The summed E-state index contributed by atoms with van der Waals surface area (Å²) in [5.41, 5.74) is 1.34. The van der Waals surface area contributed by atoms with Gasteiger partial charge in [-0.15, -0.1) is 22.7 Å². The minimum atomic E-state index is 0.400. The maximum absolute atomic E-state index is 12.4. The standard InChI is InChI=1S/C24H34N4OS2/c1-17-25-15-21(30-17)14-20(29)13-19-5-3-18(4-6-19)7-11-27-12-8-23-22(16-27)26-24(31-23)28-9-2-10-28/h15,18-19H,2-14,16H2,1H3. The number of hydrogen-bond acceptors (Lipinski definition) is 7. The molecule has 5 rings (SSSR count). The lowest BCUT2D eigenvalue weighted by Gasteiger charge is -2.31. The smallest absolute Gasteiger partial charge is 0.185 e. The molecule has 0 N–H and O–H groups in total. The van der Waals surface area contributed by atoms with E-state index in [1.54, 1.807) is 11.3 Å². The first kappa shape index (κ1) is 21.5. The SMILES string of the molecule is Cc1ncc(CC(=O)CC2CCC(CCN3CCc4sc(N5CCC5)nc4C3)CC2)s1. The van der Waals surface area contributed by atoms with Crippen LogP contribution in [-0.2, 0) is 24.2 Å². The molecule has 4 heterocycles. The Balaban J connectivity index is 1.02. The van der Waals surface area contributed by atoms with Crippen LogP contribution in [0.1, 0.15) is 65.4 Å². The van der Waals surface area contributed by atoms with Crippen molar-refractivity contribution in [2.24, 2.45) is 11.8 Å². The number of rotatable bonds is 8. The molecular weight excluding hydrogens is 424 g/mol. The van der Waals surface area contributed by atoms with Crippen LogP contribution in [0.3, 0.4) is 0 Å². The van der Waals surface area contributed by atoms with E-state index in [9.17, 15) is 4.79 Å². The van der Waals surface area contributed by atoms with Gasteiger partial charge in [-0.25, -0.2) is 9.97 Å². The van der Waals surface area contributed by atoms with Crippen molar-refractivity contribution in [2.75, 3.05) is 31.1 Å². The van der Waals surface area contributed by atoms with Crippen LogP contribution >= 0.6 is 22.7 Å². The van der Waals surface area contributed by atoms with Crippen molar-refractivity contribution in [3.63, 3.8) is 0 Å². The second kappa shape index (κ2) is 9.67. The number of ketones is 1. The van der Waals surface area contributed by atoms with Crippen LogP contribution in [0.4, 0.5) is 5.13 Å². The predicted octanol–water partition coefficient (Wildman–Crippen LogP) is 4.87. The largest absolute Gasteiger partial charge is 0.348 e. The Morgan fingerprint density at radius 1 is 1.13 bits per heavy atom. The number of aryl methyl sites for hydroxylation is 1. The molecule has 168 valence electrons. The van der Waals surface area contributed by atoms with Crippen LogP contribution < -0.4 is 4.90 Å². The maximum Gasteiger partial charge on any atom is 0.185 e. The average molecular weight is 459 g/mol. The highest BCUT2D eigenvalue weighted by Gasteiger charge is 2.27. The Kier molecular flexibility index (Phi) is 6.72. The van der Waals surface area contributed by atoms with Gasteiger partial charge in [-0.05, 0) is 57.4 Å². The third-order valence-electron chi connectivity index (χ3n) is 7.30. The van der Waals surface area contributed by atoms with Crippen molar-refractivity contribution in [1.29, 1.82) is 0 Å². The zero-order chi connectivity index (χ0) is 21.2. The summed E-state index contributed by atoms with van der Waals surface area (Å²) in [6.07, 6.45) is 12.1. The van der Waals surface area contributed by atoms with Gasteiger partial charge >= 0.3 is 0 Å². The molecule has 0 unspecified atom stereocenters. The molecule has 0 bridgehead atoms. The molecule has 3 aliphatic rings. The molecule has 2 aromatic heterocycles. The molecule has 0 aromatic carbocycles. The third kappa shape index (κ3) is 5.37. The maximum atomic E-state index is 12.4. The van der Waals surface area contributed by atoms with Gasteiger partial charge in [-0.3, -0.25) is 9.69 Å². The normalized spacial score (nSPS) is 24.1. The Labute approximate surface area is 193 Å². The second-order valence-electron chi connectivity index (χ2n) is 9.67. The van der Waals surface area contributed by atoms with Crippen molar-refractivity contribution < 1.29 is 4.79 Å². The highest BCUT2D eigenvalue weighted by Crippen LogP contribution is 2.35. The van der Waals surface area contributed by atoms with Gasteiger partial charge in [0.1, 0.15) is 5.78 Å². The van der Waals surface area contributed by atoms with E-state index in [2.05, 4.69) is 14.8 Å². The summed E-state index contributed by atoms with van der Waals surface area (Å²) in [5, 5.41) is 2.32. The van der Waals surface area contributed by atoms with Crippen LogP contribution in [0.15, 0.2) is 6.20 Å². The monoisotopic (exact) mass is 458 g/mol. The lowest BCUT2D eigenvalue weighted by Crippen LogP contribution is -2.37. The van der Waals surface area contributed by atoms with E-state index >= 15 is 0 Å². The molecule has 5 nitrogen and oxygen atoms in total. The van der Waals surface area contributed by atoms with Gasteiger partial charge in [0.25, 0.3) is 0 Å². The van der Waals surface area contributed by atoms with E-state index in [4.69, 9.17) is 4.98 Å². The van der Waals surface area contributed by atoms with Gasteiger partial charge in [-0.2, -0.15) is 0 Å². The van der Waals surface area contributed by atoms with Crippen LogP contribution in [0.25, 0.3) is 0 Å². The number of anilines is 1. The van der Waals surface area contributed by atoms with E-state index in [-0.39, 0.29) is 0 Å². The topological polar surface area (TPSA) is 49.3 Å². The van der Waals surface area contributed by atoms with E-state index < -0.39 is 0 Å². The first-order valence-electron chi connectivity index (χ1n) is 12.0. The van der Waals surface area contributed by atoms with E-state index in [0.717, 1.165) is 28.8 Å². The fraction of sp³-hybridized carbons (Fsp3) is 0.708. The van der Waals surface area contributed by atoms with Crippen LogP contribution in [0.5, 0.6) is 0 Å². The van der Waals surface area contributed by atoms with Crippen molar-refractivity contribution >= 4 is 33.6 Å². The highest BCUT2D eigenvalue weighted by atomic mass is 32.1. The van der Waals surface area contributed by atoms with Crippen molar-refractivity contribution in [3.05, 3.63) is 26.7 Å². The molecule has 2 fully saturated rings. The first-order valence-corrected chi connectivity index (χ1v) is 13.6. The zero-order valence-electron chi connectivity index (χ0n) is 18.6. The van der Waals surface area contributed by atoms with Crippen molar-refractivity contribution in [1.82, 2.24) is 14.9 Å². The average Bonchev–Trinajstić information content (AvgIpc) is 3.31. The summed E-state index contributed by atoms with van der Waals surface area (Å²) in [5.74, 6) is 1.84. The molecule has 0 radical (unpaired) electrons. The second-order valence-corrected chi connectivity index (χ2v) is 12.1.